The Morgan fingerprint density at radius 2 is 2.11 bits per heavy atom. The molecule has 0 radical (unpaired) electrons. The van der Waals surface area contributed by atoms with Crippen LogP contribution in [-0.4, -0.2) is 29.4 Å². The molecule has 7 heteroatoms. The molecule has 0 amide bonds. The number of fused-ring (bicyclic) bond motifs is 4. The number of aromatic amines is 1. The van der Waals surface area contributed by atoms with Gasteiger partial charge in [0.15, 0.2) is 5.65 Å². The Morgan fingerprint density at radius 1 is 1.28 bits per heavy atom. The van der Waals surface area contributed by atoms with Gasteiger partial charge in [0.2, 0.25) is 4.77 Å². The van der Waals surface area contributed by atoms with Gasteiger partial charge in [0, 0.05) is 12.4 Å². The first kappa shape index (κ1) is 9.72. The lowest BCUT2D eigenvalue weighted by Gasteiger charge is -1.95. The molecule has 4 rings (SSSR count). The van der Waals surface area contributed by atoms with Gasteiger partial charge in [-0.3, -0.25) is 0 Å². The maximum Gasteiger partial charge on any atom is 0.272 e. The quantitative estimate of drug-likeness (QED) is 0.487. The maximum atomic E-state index is 5.12. The molecule has 0 spiro atoms. The Balaban J connectivity index is 2.37. The van der Waals surface area contributed by atoms with Crippen LogP contribution in [-0.2, 0) is 7.05 Å². The van der Waals surface area contributed by atoms with Gasteiger partial charge in [-0.15, -0.1) is 5.10 Å². The summed E-state index contributed by atoms with van der Waals surface area (Å²) in [7, 11) is 1.97. The summed E-state index contributed by atoms with van der Waals surface area (Å²) in [6, 6.07) is 8.06. The highest BCUT2D eigenvalue weighted by atomic mass is 32.1. The summed E-state index contributed by atoms with van der Waals surface area (Å²) in [6.07, 6.45) is 0. The Morgan fingerprint density at radius 3 is 3.00 bits per heavy atom. The average molecular weight is 256 g/mol. The molecule has 88 valence electrons. The molecule has 0 fully saturated rings. The minimum Gasteiger partial charge on any atom is -0.327 e. The zero-order chi connectivity index (χ0) is 12.3. The molecular weight excluding hydrogens is 248 g/mol. The van der Waals surface area contributed by atoms with Gasteiger partial charge in [-0.1, -0.05) is 18.2 Å². The van der Waals surface area contributed by atoms with Crippen LogP contribution in [0.1, 0.15) is 0 Å². The summed E-state index contributed by atoms with van der Waals surface area (Å²) >= 11 is 5.12. The van der Waals surface area contributed by atoms with Crippen LogP contribution in [0.3, 0.4) is 0 Å². The van der Waals surface area contributed by atoms with E-state index in [-0.39, 0.29) is 0 Å². The minimum absolute atomic E-state index is 0.451. The van der Waals surface area contributed by atoms with Crippen molar-refractivity contribution in [2.75, 3.05) is 0 Å². The van der Waals surface area contributed by atoms with E-state index < -0.39 is 0 Å². The largest absolute Gasteiger partial charge is 0.327 e. The van der Waals surface area contributed by atoms with Crippen molar-refractivity contribution >= 4 is 40.1 Å². The number of nitrogens with zero attached hydrogens (tertiary/aromatic N) is 5. The molecule has 0 aliphatic carbocycles. The van der Waals surface area contributed by atoms with Crippen molar-refractivity contribution in [2.45, 2.75) is 0 Å². The molecule has 0 saturated carbocycles. The lowest BCUT2D eigenvalue weighted by Crippen LogP contribution is -1.97. The van der Waals surface area contributed by atoms with E-state index in [4.69, 9.17) is 12.2 Å². The molecule has 3 heterocycles. The Hall–Kier alpha value is -2.28. The van der Waals surface area contributed by atoms with Gasteiger partial charge in [-0.05, 0) is 18.3 Å². The van der Waals surface area contributed by atoms with Crippen molar-refractivity contribution in [3.05, 3.63) is 29.0 Å². The van der Waals surface area contributed by atoms with E-state index in [1.165, 1.54) is 0 Å². The van der Waals surface area contributed by atoms with E-state index in [9.17, 15) is 0 Å². The summed E-state index contributed by atoms with van der Waals surface area (Å²) in [4.78, 5) is 4.49. The summed E-state index contributed by atoms with van der Waals surface area (Å²) in [5.41, 5.74) is 2.73. The fourth-order valence-electron chi connectivity index (χ4n) is 2.23. The molecule has 0 atom stereocenters. The zero-order valence-electron chi connectivity index (χ0n) is 9.45. The number of rotatable bonds is 0. The van der Waals surface area contributed by atoms with Gasteiger partial charge in [0.05, 0.1) is 5.52 Å². The van der Waals surface area contributed by atoms with Crippen molar-refractivity contribution in [1.82, 2.24) is 29.4 Å². The highest BCUT2D eigenvalue weighted by Gasteiger charge is 2.12. The number of aryl methyl sites for hydroxylation is 1. The van der Waals surface area contributed by atoms with Crippen LogP contribution >= 0.6 is 12.2 Å². The van der Waals surface area contributed by atoms with Crippen molar-refractivity contribution in [3.63, 3.8) is 0 Å². The van der Waals surface area contributed by atoms with Crippen molar-refractivity contribution in [1.29, 1.82) is 0 Å². The van der Waals surface area contributed by atoms with Gasteiger partial charge in [-0.25, -0.2) is 5.10 Å². The zero-order valence-corrected chi connectivity index (χ0v) is 10.3. The summed E-state index contributed by atoms with van der Waals surface area (Å²) < 4.78 is 4.01. The molecule has 18 heavy (non-hydrogen) atoms. The molecule has 0 saturated heterocycles. The number of H-pyrrole nitrogens is 1. The third-order valence-electron chi connectivity index (χ3n) is 3.09. The maximum absolute atomic E-state index is 5.12. The second-order valence-corrected chi connectivity index (χ2v) is 4.49. The fourth-order valence-corrected chi connectivity index (χ4v) is 2.40. The van der Waals surface area contributed by atoms with Gasteiger partial charge >= 0.3 is 0 Å². The molecule has 0 aliphatic heterocycles. The first-order valence-electron chi connectivity index (χ1n) is 5.44. The minimum atomic E-state index is 0.451. The summed E-state index contributed by atoms with van der Waals surface area (Å²) in [5.74, 6) is 0.485. The van der Waals surface area contributed by atoms with Gasteiger partial charge in [0.1, 0.15) is 5.52 Å². The van der Waals surface area contributed by atoms with E-state index in [2.05, 4.69) is 20.3 Å². The number of aromatic nitrogens is 6. The van der Waals surface area contributed by atoms with E-state index in [1.54, 1.807) is 4.52 Å². The molecule has 6 nitrogen and oxygen atoms in total. The lowest BCUT2D eigenvalue weighted by molar-refractivity contribution is 0.905. The number of hydrogen-bond acceptors (Lipinski definition) is 4. The first-order valence-corrected chi connectivity index (χ1v) is 5.85. The number of para-hydroxylation sites is 1. The molecule has 3 aromatic heterocycles. The monoisotopic (exact) mass is 256 g/mol. The molecule has 1 aromatic carbocycles. The molecular formula is C11H8N6S. The molecule has 0 bridgehead atoms. The summed E-state index contributed by atoms with van der Waals surface area (Å²) in [5, 5.41) is 12.3. The normalized spacial score (nSPS) is 11.8. The van der Waals surface area contributed by atoms with Crippen LogP contribution in [0.2, 0.25) is 0 Å². The molecule has 0 aliphatic rings. The third-order valence-corrected chi connectivity index (χ3v) is 3.35. The van der Waals surface area contributed by atoms with Gasteiger partial charge in [0.25, 0.3) is 5.78 Å². The Kier molecular flexibility index (Phi) is 1.69. The Bertz CT molecular complexity index is 960. The first-order chi connectivity index (χ1) is 8.75. The number of benzene rings is 1. The van der Waals surface area contributed by atoms with E-state index in [0.29, 0.717) is 10.5 Å². The molecule has 4 aromatic rings. The Labute approximate surface area is 106 Å². The highest BCUT2D eigenvalue weighted by molar-refractivity contribution is 7.71. The number of hydrogen-bond donors (Lipinski definition) is 1. The SMILES string of the molecule is Cn1c2ccccc2c2nn3c(=S)[nH]nc3nc21. The van der Waals surface area contributed by atoms with Crippen LogP contribution < -0.4 is 0 Å². The number of nitrogens with one attached hydrogen (secondary N) is 1. The second kappa shape index (κ2) is 3.14. The van der Waals surface area contributed by atoms with Crippen LogP contribution in [0.15, 0.2) is 24.3 Å². The lowest BCUT2D eigenvalue weighted by atomic mass is 10.2. The highest BCUT2D eigenvalue weighted by Crippen LogP contribution is 2.24. The topological polar surface area (TPSA) is 63.8 Å². The van der Waals surface area contributed by atoms with Crippen LogP contribution in [0.5, 0.6) is 0 Å². The summed E-state index contributed by atoms with van der Waals surface area (Å²) in [6.45, 7) is 0. The predicted octanol–water partition coefficient (Wildman–Crippen LogP) is 1.83. The molecule has 0 unspecified atom stereocenters. The predicted molar refractivity (Wildman–Crippen MR) is 69.9 cm³/mol. The third kappa shape index (κ3) is 1.06. The molecule has 1 N–H and O–H groups in total. The standard InChI is InChI=1S/C11H8N6S/c1-16-7-5-3-2-4-6(7)8-9(16)12-10-13-14-11(18)17(10)15-8/h2-5H,1H3,(H,14,18). The van der Waals surface area contributed by atoms with Crippen LogP contribution in [0.25, 0.3) is 27.8 Å². The van der Waals surface area contributed by atoms with Crippen molar-refractivity contribution < 1.29 is 0 Å². The van der Waals surface area contributed by atoms with Gasteiger partial charge in [-0.2, -0.15) is 14.6 Å². The smallest absolute Gasteiger partial charge is 0.272 e. The van der Waals surface area contributed by atoms with Crippen LogP contribution in [0.4, 0.5) is 0 Å². The van der Waals surface area contributed by atoms with Gasteiger partial charge < -0.3 is 4.57 Å². The second-order valence-electron chi connectivity index (χ2n) is 4.10. The van der Waals surface area contributed by atoms with Crippen molar-refractivity contribution in [3.8, 4) is 0 Å². The van der Waals surface area contributed by atoms with Crippen LogP contribution in [0, 0.1) is 4.77 Å². The average Bonchev–Trinajstić information content (AvgIpc) is 2.90. The van der Waals surface area contributed by atoms with Crippen molar-refractivity contribution in [2.24, 2.45) is 7.05 Å². The van der Waals surface area contributed by atoms with E-state index >= 15 is 0 Å². The fraction of sp³-hybridized carbons (Fsp3) is 0.0909. The van der Waals surface area contributed by atoms with E-state index in [1.807, 2.05) is 35.9 Å². The van der Waals surface area contributed by atoms with E-state index in [0.717, 1.165) is 22.1 Å².